The van der Waals surface area contributed by atoms with E-state index in [1.165, 1.54) is 25.1 Å². The molecule has 194 valence electrons. The summed E-state index contributed by atoms with van der Waals surface area (Å²) in [6, 6.07) is 9.40. The number of nitrogens with one attached hydrogen (secondary N) is 2. The summed E-state index contributed by atoms with van der Waals surface area (Å²) in [6.45, 7) is 4.93. The number of rotatable bonds is 16. The number of fused-ring (bicyclic) bond motifs is 1. The molecule has 0 atom stereocenters. The Morgan fingerprint density at radius 1 is 0.889 bits per heavy atom. The fourth-order valence-corrected chi connectivity index (χ4v) is 3.14. The van der Waals surface area contributed by atoms with E-state index in [1.54, 1.807) is 25.3 Å². The monoisotopic (exact) mass is 501 g/mol. The second-order valence-corrected chi connectivity index (χ2v) is 7.69. The van der Waals surface area contributed by atoms with E-state index in [9.17, 15) is 14.7 Å². The van der Waals surface area contributed by atoms with E-state index in [1.807, 2.05) is 0 Å². The number of phenolic OH excluding ortho intramolecular Hbond substituents is 1. The Morgan fingerprint density at radius 2 is 1.53 bits per heavy atom. The summed E-state index contributed by atoms with van der Waals surface area (Å²) >= 11 is 0. The maximum Gasteiger partial charge on any atom is 0.258 e. The number of hydrogen-bond acceptors (Lipinski definition) is 9. The number of methoxy groups -OCH3 is 1. The van der Waals surface area contributed by atoms with Crippen LogP contribution in [0.4, 0.5) is 5.95 Å². The molecule has 0 fully saturated rings. The van der Waals surface area contributed by atoms with Crippen LogP contribution in [-0.2, 0) is 18.9 Å². The molecular formula is C25H31N3O8. The van der Waals surface area contributed by atoms with Gasteiger partial charge in [0.1, 0.15) is 6.61 Å². The predicted molar refractivity (Wildman–Crippen MR) is 132 cm³/mol. The molecule has 0 bridgehead atoms. The number of carbonyl (C=O) groups is 2. The third-order valence-corrected chi connectivity index (χ3v) is 5.00. The van der Waals surface area contributed by atoms with Gasteiger partial charge in [-0.1, -0.05) is 0 Å². The molecule has 0 aliphatic heterocycles. The van der Waals surface area contributed by atoms with E-state index in [0.29, 0.717) is 62.8 Å². The van der Waals surface area contributed by atoms with Gasteiger partial charge in [-0.05, 0) is 43.3 Å². The van der Waals surface area contributed by atoms with Crippen molar-refractivity contribution in [1.29, 1.82) is 0 Å². The maximum atomic E-state index is 12.6. The lowest BCUT2D eigenvalue weighted by Gasteiger charge is -2.10. The molecule has 1 amide bonds. The molecule has 3 aromatic rings. The van der Waals surface area contributed by atoms with Gasteiger partial charge in [0.25, 0.3) is 5.91 Å². The smallest absolute Gasteiger partial charge is 0.258 e. The maximum absolute atomic E-state index is 12.6. The third-order valence-electron chi connectivity index (χ3n) is 5.00. The second-order valence-electron chi connectivity index (χ2n) is 7.69. The molecule has 0 spiro atoms. The van der Waals surface area contributed by atoms with E-state index in [0.717, 1.165) is 0 Å². The van der Waals surface area contributed by atoms with Gasteiger partial charge in [0, 0.05) is 18.2 Å². The van der Waals surface area contributed by atoms with Crippen LogP contribution in [0.25, 0.3) is 11.0 Å². The van der Waals surface area contributed by atoms with Crippen molar-refractivity contribution >= 4 is 28.7 Å². The Morgan fingerprint density at radius 3 is 2.17 bits per heavy atom. The third kappa shape index (κ3) is 8.31. The van der Waals surface area contributed by atoms with Gasteiger partial charge >= 0.3 is 0 Å². The number of phenols is 1. The van der Waals surface area contributed by atoms with Crippen LogP contribution in [0.2, 0.25) is 0 Å². The fourth-order valence-electron chi connectivity index (χ4n) is 3.14. The van der Waals surface area contributed by atoms with Gasteiger partial charge in [-0.2, -0.15) is 0 Å². The van der Waals surface area contributed by atoms with Crippen LogP contribution in [-0.4, -0.2) is 86.7 Å². The minimum atomic E-state index is -0.463. The van der Waals surface area contributed by atoms with E-state index in [4.69, 9.17) is 23.7 Å². The molecule has 1 heterocycles. The molecule has 2 aromatic carbocycles. The number of carbonyl (C=O) groups excluding carboxylic acids is 2. The van der Waals surface area contributed by atoms with Crippen molar-refractivity contribution in [2.24, 2.45) is 0 Å². The number of hydrogen-bond donors (Lipinski definition) is 3. The number of aromatic amines is 1. The number of benzene rings is 2. The summed E-state index contributed by atoms with van der Waals surface area (Å²) in [5.41, 5.74) is 2.01. The quantitative estimate of drug-likeness (QED) is 0.200. The normalized spacial score (nSPS) is 11.1. The second kappa shape index (κ2) is 14.1. The van der Waals surface area contributed by atoms with E-state index in [-0.39, 0.29) is 35.4 Å². The number of amides is 1. The number of aromatic nitrogens is 2. The Balaban J connectivity index is 1.38. The summed E-state index contributed by atoms with van der Waals surface area (Å²) in [7, 11) is 1.62. The van der Waals surface area contributed by atoms with Gasteiger partial charge in [0.15, 0.2) is 17.3 Å². The topological polar surface area (TPSA) is 141 Å². The minimum Gasteiger partial charge on any atom is -0.504 e. The lowest BCUT2D eigenvalue weighted by Crippen LogP contribution is -2.14. The molecular weight excluding hydrogens is 470 g/mol. The molecule has 0 saturated carbocycles. The number of H-pyrrole nitrogens is 1. The summed E-state index contributed by atoms with van der Waals surface area (Å²) in [4.78, 5) is 31.4. The predicted octanol–water partition coefficient (Wildman–Crippen LogP) is 2.80. The van der Waals surface area contributed by atoms with Gasteiger partial charge in [0.05, 0.1) is 57.3 Å². The first-order valence-electron chi connectivity index (χ1n) is 11.5. The summed E-state index contributed by atoms with van der Waals surface area (Å²) in [5, 5.41) is 12.9. The molecule has 0 saturated heterocycles. The lowest BCUT2D eigenvalue weighted by molar-refractivity contribution is 0.0000850. The molecule has 0 aliphatic carbocycles. The van der Waals surface area contributed by atoms with Crippen LogP contribution in [0.5, 0.6) is 11.5 Å². The lowest BCUT2D eigenvalue weighted by atomic mass is 10.1. The molecule has 0 radical (unpaired) electrons. The Hall–Kier alpha value is -3.51. The zero-order valence-electron chi connectivity index (χ0n) is 20.4. The van der Waals surface area contributed by atoms with Crippen molar-refractivity contribution in [3.8, 4) is 11.5 Å². The average molecular weight is 502 g/mol. The zero-order chi connectivity index (χ0) is 25.8. The Kier molecular flexibility index (Phi) is 10.6. The van der Waals surface area contributed by atoms with Crippen LogP contribution in [0.3, 0.4) is 0 Å². The number of Topliss-reactive ketones (excluding diaryl/α,β-unsaturated/α-hetero) is 1. The summed E-state index contributed by atoms with van der Waals surface area (Å²) < 4.78 is 26.5. The number of imidazole rings is 1. The van der Waals surface area contributed by atoms with Crippen molar-refractivity contribution in [1.82, 2.24) is 9.97 Å². The molecule has 0 aliphatic rings. The van der Waals surface area contributed by atoms with Crippen molar-refractivity contribution < 1.29 is 38.4 Å². The molecule has 36 heavy (non-hydrogen) atoms. The van der Waals surface area contributed by atoms with Gasteiger partial charge in [-0.3, -0.25) is 14.9 Å². The molecule has 11 nitrogen and oxygen atoms in total. The standard InChI is InChI=1S/C25H31N3O8/c1-17(29)18-3-5-20-21(15-18)27-25(26-20)28-24(31)19-4-6-23(22(30)16-19)36-14-13-35-12-11-34-10-9-33-8-7-32-2/h3-6,15-16,30H,7-14H2,1-2H3,(H2,26,27,28,31). The van der Waals surface area contributed by atoms with Crippen molar-refractivity contribution in [2.45, 2.75) is 6.92 Å². The van der Waals surface area contributed by atoms with Gasteiger partial charge in [-0.25, -0.2) is 4.98 Å². The van der Waals surface area contributed by atoms with E-state index >= 15 is 0 Å². The molecule has 1 aromatic heterocycles. The van der Waals surface area contributed by atoms with Crippen molar-refractivity contribution in [3.05, 3.63) is 47.5 Å². The van der Waals surface area contributed by atoms with Crippen LogP contribution in [0, 0.1) is 0 Å². The minimum absolute atomic E-state index is 0.0639. The SMILES string of the molecule is COCCOCCOCCOCCOc1ccc(C(=O)Nc2nc3ccc(C(C)=O)cc3[nH]2)cc1O. The number of anilines is 1. The summed E-state index contributed by atoms with van der Waals surface area (Å²) in [6.07, 6.45) is 0. The molecule has 3 N–H and O–H groups in total. The zero-order valence-corrected chi connectivity index (χ0v) is 20.4. The average Bonchev–Trinajstić information content (AvgIpc) is 3.26. The van der Waals surface area contributed by atoms with Gasteiger partial charge in [-0.15, -0.1) is 0 Å². The highest BCUT2D eigenvalue weighted by Crippen LogP contribution is 2.27. The highest BCUT2D eigenvalue weighted by Gasteiger charge is 2.13. The van der Waals surface area contributed by atoms with Gasteiger partial charge in [0.2, 0.25) is 5.95 Å². The van der Waals surface area contributed by atoms with Gasteiger partial charge < -0.3 is 33.8 Å². The van der Waals surface area contributed by atoms with E-state index < -0.39 is 5.91 Å². The number of ketones is 1. The largest absolute Gasteiger partial charge is 0.504 e. The number of aromatic hydroxyl groups is 1. The van der Waals surface area contributed by atoms with Crippen LogP contribution < -0.4 is 10.1 Å². The first-order chi connectivity index (χ1) is 17.5. The van der Waals surface area contributed by atoms with Crippen LogP contribution in [0.15, 0.2) is 36.4 Å². The molecule has 0 unspecified atom stereocenters. The van der Waals surface area contributed by atoms with Crippen LogP contribution in [0.1, 0.15) is 27.6 Å². The Bertz CT molecular complexity index is 1150. The molecule has 3 rings (SSSR count). The first kappa shape index (κ1) is 27.1. The van der Waals surface area contributed by atoms with Crippen LogP contribution >= 0.6 is 0 Å². The summed E-state index contributed by atoms with van der Waals surface area (Å²) in [5.74, 6) is -0.230. The first-order valence-corrected chi connectivity index (χ1v) is 11.5. The highest BCUT2D eigenvalue weighted by molar-refractivity contribution is 6.04. The Labute approximate surface area is 208 Å². The van der Waals surface area contributed by atoms with E-state index in [2.05, 4.69) is 15.3 Å². The highest BCUT2D eigenvalue weighted by atomic mass is 16.6. The molecule has 11 heteroatoms. The number of nitrogens with zero attached hydrogens (tertiary/aromatic N) is 1. The van der Waals surface area contributed by atoms with Crippen molar-refractivity contribution in [2.75, 3.05) is 65.3 Å². The number of ether oxygens (including phenoxy) is 5. The fraction of sp³-hybridized carbons (Fsp3) is 0.400. The van der Waals surface area contributed by atoms with Crippen molar-refractivity contribution in [3.63, 3.8) is 0 Å².